The molecule has 0 bridgehead atoms. The third-order valence-electron chi connectivity index (χ3n) is 2.15. The molecular formula is C10H12ClN3O2. The summed E-state index contributed by atoms with van der Waals surface area (Å²) in [5, 5.41) is 8.58. The summed E-state index contributed by atoms with van der Waals surface area (Å²) in [4.78, 5) is 0. The average Bonchev–Trinajstić information content (AvgIpc) is 2.61. The molecule has 0 aliphatic heterocycles. The van der Waals surface area contributed by atoms with E-state index < -0.39 is 0 Å². The van der Waals surface area contributed by atoms with Crippen LogP contribution < -0.4 is 4.74 Å². The van der Waals surface area contributed by atoms with Gasteiger partial charge in [0.1, 0.15) is 12.4 Å². The van der Waals surface area contributed by atoms with Gasteiger partial charge in [0.2, 0.25) is 5.65 Å². The molecule has 0 fully saturated rings. The summed E-state index contributed by atoms with van der Waals surface area (Å²) in [7, 11) is 1.62. The second-order valence-corrected chi connectivity index (χ2v) is 3.74. The Morgan fingerprint density at radius 2 is 2.19 bits per heavy atom. The lowest BCUT2D eigenvalue weighted by Gasteiger charge is -2.07. The molecule has 0 radical (unpaired) electrons. The Bertz CT molecular complexity index is 498. The summed E-state index contributed by atoms with van der Waals surface area (Å²) in [6, 6.07) is 1.72. The second-order valence-electron chi connectivity index (χ2n) is 3.30. The van der Waals surface area contributed by atoms with Crippen LogP contribution in [0.25, 0.3) is 5.65 Å². The van der Waals surface area contributed by atoms with Crippen molar-refractivity contribution in [1.82, 2.24) is 14.6 Å². The van der Waals surface area contributed by atoms with Gasteiger partial charge in [0.15, 0.2) is 5.75 Å². The van der Waals surface area contributed by atoms with E-state index in [0.29, 0.717) is 29.6 Å². The fraction of sp³-hybridized carbons (Fsp3) is 0.400. The first-order chi connectivity index (χ1) is 7.72. The van der Waals surface area contributed by atoms with E-state index in [1.807, 2.05) is 6.92 Å². The molecule has 2 rings (SSSR count). The zero-order valence-corrected chi connectivity index (χ0v) is 9.86. The molecule has 6 heteroatoms. The molecule has 0 spiro atoms. The minimum atomic E-state index is 0.457. The molecule has 0 saturated heterocycles. The van der Waals surface area contributed by atoms with Crippen molar-refractivity contribution in [3.63, 3.8) is 0 Å². The molecule has 2 heterocycles. The van der Waals surface area contributed by atoms with Crippen LogP contribution in [0, 0.1) is 6.92 Å². The Labute approximate surface area is 97.9 Å². The van der Waals surface area contributed by atoms with E-state index in [-0.39, 0.29) is 0 Å². The highest BCUT2D eigenvalue weighted by molar-refractivity contribution is 6.30. The van der Waals surface area contributed by atoms with Gasteiger partial charge < -0.3 is 9.47 Å². The predicted molar refractivity (Wildman–Crippen MR) is 60.1 cm³/mol. The highest BCUT2D eigenvalue weighted by Gasteiger charge is 2.09. The standard InChI is InChI=1S/C10H12ClN3O2/c1-7-12-13-10-9(16-4-3-15-2)5-8(11)6-14(7)10/h5-6H,3-4H2,1-2H3. The Hall–Kier alpha value is -1.33. The maximum atomic E-state index is 5.98. The average molecular weight is 242 g/mol. The van der Waals surface area contributed by atoms with E-state index in [9.17, 15) is 0 Å². The van der Waals surface area contributed by atoms with Crippen molar-refractivity contribution in [2.75, 3.05) is 20.3 Å². The van der Waals surface area contributed by atoms with Crippen LogP contribution in [-0.2, 0) is 4.74 Å². The van der Waals surface area contributed by atoms with Crippen LogP contribution >= 0.6 is 11.6 Å². The van der Waals surface area contributed by atoms with Crippen LogP contribution in [-0.4, -0.2) is 34.9 Å². The maximum Gasteiger partial charge on any atom is 0.203 e. The van der Waals surface area contributed by atoms with Gasteiger partial charge in [-0.15, -0.1) is 10.2 Å². The Balaban J connectivity index is 2.35. The van der Waals surface area contributed by atoms with E-state index in [2.05, 4.69) is 10.2 Å². The smallest absolute Gasteiger partial charge is 0.203 e. The number of hydrogen-bond donors (Lipinski definition) is 0. The first-order valence-electron chi connectivity index (χ1n) is 4.85. The fourth-order valence-corrected chi connectivity index (χ4v) is 1.58. The van der Waals surface area contributed by atoms with Crippen molar-refractivity contribution >= 4 is 17.2 Å². The molecule has 0 amide bonds. The number of aromatic nitrogens is 3. The van der Waals surface area contributed by atoms with Crippen LogP contribution in [0.2, 0.25) is 5.02 Å². The summed E-state index contributed by atoms with van der Waals surface area (Å²) in [6.45, 7) is 2.83. The zero-order chi connectivity index (χ0) is 11.5. The Kier molecular flexibility index (Phi) is 3.26. The molecule has 0 aliphatic carbocycles. The van der Waals surface area contributed by atoms with E-state index in [0.717, 1.165) is 5.82 Å². The monoisotopic (exact) mass is 241 g/mol. The quantitative estimate of drug-likeness (QED) is 0.765. The summed E-state index contributed by atoms with van der Waals surface area (Å²) in [5.41, 5.74) is 0.665. The molecular weight excluding hydrogens is 230 g/mol. The van der Waals surface area contributed by atoms with E-state index in [1.165, 1.54) is 0 Å². The number of ether oxygens (including phenoxy) is 2. The molecule has 86 valence electrons. The van der Waals surface area contributed by atoms with Gasteiger partial charge in [0, 0.05) is 19.4 Å². The summed E-state index contributed by atoms with van der Waals surface area (Å²) < 4.78 is 12.2. The van der Waals surface area contributed by atoms with Crippen molar-refractivity contribution in [3.8, 4) is 5.75 Å². The first kappa shape index (κ1) is 11.2. The van der Waals surface area contributed by atoms with Crippen molar-refractivity contribution in [3.05, 3.63) is 23.1 Å². The molecule has 0 saturated carbocycles. The summed E-state index contributed by atoms with van der Waals surface area (Å²) in [6.07, 6.45) is 1.76. The third-order valence-corrected chi connectivity index (χ3v) is 2.36. The number of fused-ring (bicyclic) bond motifs is 1. The van der Waals surface area contributed by atoms with Crippen molar-refractivity contribution in [1.29, 1.82) is 0 Å². The zero-order valence-electron chi connectivity index (χ0n) is 9.11. The van der Waals surface area contributed by atoms with Crippen molar-refractivity contribution in [2.24, 2.45) is 0 Å². The normalized spacial score (nSPS) is 10.9. The number of methoxy groups -OCH3 is 1. The van der Waals surface area contributed by atoms with Gasteiger partial charge in [0.25, 0.3) is 0 Å². The number of pyridine rings is 1. The van der Waals surface area contributed by atoms with Crippen LogP contribution in [0.4, 0.5) is 0 Å². The molecule has 16 heavy (non-hydrogen) atoms. The largest absolute Gasteiger partial charge is 0.487 e. The van der Waals surface area contributed by atoms with Crippen LogP contribution in [0.15, 0.2) is 12.3 Å². The van der Waals surface area contributed by atoms with Gasteiger partial charge in [-0.1, -0.05) is 11.6 Å². The number of rotatable bonds is 4. The first-order valence-corrected chi connectivity index (χ1v) is 5.23. The number of hydrogen-bond acceptors (Lipinski definition) is 4. The maximum absolute atomic E-state index is 5.98. The van der Waals surface area contributed by atoms with E-state index in [1.54, 1.807) is 23.8 Å². The predicted octanol–water partition coefficient (Wildman–Crippen LogP) is 1.72. The lowest BCUT2D eigenvalue weighted by atomic mass is 10.4. The van der Waals surface area contributed by atoms with Crippen LogP contribution in [0.5, 0.6) is 5.75 Å². The second kappa shape index (κ2) is 4.67. The Morgan fingerprint density at radius 1 is 1.38 bits per heavy atom. The minimum absolute atomic E-state index is 0.457. The van der Waals surface area contributed by atoms with Gasteiger partial charge >= 0.3 is 0 Å². The molecule has 2 aromatic heterocycles. The van der Waals surface area contributed by atoms with Gasteiger partial charge in [-0.3, -0.25) is 4.40 Å². The molecule has 2 aromatic rings. The molecule has 0 aliphatic rings. The molecule has 5 nitrogen and oxygen atoms in total. The topological polar surface area (TPSA) is 48.7 Å². The highest BCUT2D eigenvalue weighted by Crippen LogP contribution is 2.23. The minimum Gasteiger partial charge on any atom is -0.487 e. The molecule has 0 N–H and O–H groups in total. The van der Waals surface area contributed by atoms with Gasteiger partial charge in [-0.25, -0.2) is 0 Å². The van der Waals surface area contributed by atoms with Crippen molar-refractivity contribution in [2.45, 2.75) is 6.92 Å². The lowest BCUT2D eigenvalue weighted by Crippen LogP contribution is -2.05. The molecule has 0 atom stereocenters. The van der Waals surface area contributed by atoms with Crippen LogP contribution in [0.3, 0.4) is 0 Å². The number of aryl methyl sites for hydroxylation is 1. The van der Waals surface area contributed by atoms with Gasteiger partial charge in [-0.2, -0.15) is 0 Å². The summed E-state index contributed by atoms with van der Waals surface area (Å²) >= 11 is 5.98. The SMILES string of the molecule is COCCOc1cc(Cl)cn2c(C)nnc12. The molecule has 0 unspecified atom stereocenters. The lowest BCUT2D eigenvalue weighted by molar-refractivity contribution is 0.147. The van der Waals surface area contributed by atoms with E-state index in [4.69, 9.17) is 21.1 Å². The third kappa shape index (κ3) is 2.10. The van der Waals surface area contributed by atoms with Crippen molar-refractivity contribution < 1.29 is 9.47 Å². The van der Waals surface area contributed by atoms with Gasteiger partial charge in [-0.05, 0) is 6.92 Å². The summed E-state index contributed by atoms with van der Waals surface area (Å²) in [5.74, 6) is 1.39. The van der Waals surface area contributed by atoms with E-state index >= 15 is 0 Å². The number of halogens is 1. The van der Waals surface area contributed by atoms with Crippen LogP contribution in [0.1, 0.15) is 5.82 Å². The Morgan fingerprint density at radius 3 is 2.94 bits per heavy atom. The number of nitrogens with zero attached hydrogens (tertiary/aromatic N) is 3. The fourth-order valence-electron chi connectivity index (χ4n) is 1.38. The highest BCUT2D eigenvalue weighted by atomic mass is 35.5. The van der Waals surface area contributed by atoms with Gasteiger partial charge in [0.05, 0.1) is 11.6 Å². The molecule has 0 aromatic carbocycles.